The summed E-state index contributed by atoms with van der Waals surface area (Å²) in [6, 6.07) is 1.33. The van der Waals surface area contributed by atoms with Crippen molar-refractivity contribution in [2.75, 3.05) is 26.7 Å². The van der Waals surface area contributed by atoms with Gasteiger partial charge in [-0.15, -0.1) is 0 Å². The molecule has 0 aromatic carbocycles. The zero-order valence-corrected chi connectivity index (χ0v) is 13.1. The molecule has 0 bridgehead atoms. The maximum Gasteiger partial charge on any atom is 0.0634 e. The highest BCUT2D eigenvalue weighted by Gasteiger charge is 2.29. The van der Waals surface area contributed by atoms with Crippen LogP contribution in [0.3, 0.4) is 0 Å². The largest absolute Gasteiger partial charge is 0.379 e. The minimum absolute atomic E-state index is 0.00348. The van der Waals surface area contributed by atoms with Gasteiger partial charge in [0.1, 0.15) is 0 Å². The van der Waals surface area contributed by atoms with Crippen LogP contribution in [0.15, 0.2) is 0 Å². The number of methoxy groups -OCH3 is 1. The molecule has 1 fully saturated rings. The van der Waals surface area contributed by atoms with Crippen LogP contribution < -0.4 is 5.32 Å². The molecule has 1 aliphatic heterocycles. The van der Waals surface area contributed by atoms with Crippen LogP contribution in [0.1, 0.15) is 47.5 Å². The highest BCUT2D eigenvalue weighted by molar-refractivity contribution is 4.87. The average molecular weight is 256 g/mol. The molecule has 0 saturated carbocycles. The number of hydrogen-bond donors (Lipinski definition) is 1. The Morgan fingerprint density at radius 1 is 1.39 bits per heavy atom. The van der Waals surface area contributed by atoms with Gasteiger partial charge in [-0.2, -0.15) is 0 Å². The van der Waals surface area contributed by atoms with Gasteiger partial charge in [0.25, 0.3) is 0 Å². The summed E-state index contributed by atoms with van der Waals surface area (Å²) in [4.78, 5) is 2.65. The van der Waals surface area contributed by atoms with E-state index in [-0.39, 0.29) is 5.60 Å². The van der Waals surface area contributed by atoms with Crippen molar-refractivity contribution < 1.29 is 4.74 Å². The van der Waals surface area contributed by atoms with Crippen LogP contribution in [0.4, 0.5) is 0 Å². The van der Waals surface area contributed by atoms with Crippen LogP contribution >= 0.6 is 0 Å². The quantitative estimate of drug-likeness (QED) is 0.790. The lowest BCUT2D eigenvalue weighted by atomic mass is 9.97. The van der Waals surface area contributed by atoms with Gasteiger partial charge in [-0.3, -0.25) is 4.90 Å². The summed E-state index contributed by atoms with van der Waals surface area (Å²) in [7, 11) is 1.81. The van der Waals surface area contributed by atoms with E-state index in [2.05, 4.69) is 44.8 Å². The van der Waals surface area contributed by atoms with Crippen molar-refractivity contribution in [3.05, 3.63) is 0 Å². The molecule has 0 aromatic rings. The van der Waals surface area contributed by atoms with Gasteiger partial charge in [0, 0.05) is 38.8 Å². The Kier molecular flexibility index (Phi) is 6.09. The first kappa shape index (κ1) is 15.9. The number of piperazine rings is 1. The number of rotatable bonds is 6. The monoisotopic (exact) mass is 256 g/mol. The molecule has 1 rings (SSSR count). The second-order valence-corrected chi connectivity index (χ2v) is 6.53. The third-order valence-corrected chi connectivity index (χ3v) is 4.39. The Bertz CT molecular complexity index is 241. The van der Waals surface area contributed by atoms with Crippen LogP contribution in [0, 0.1) is 5.92 Å². The van der Waals surface area contributed by atoms with Gasteiger partial charge in [0.15, 0.2) is 0 Å². The Balaban J connectivity index is 2.52. The number of nitrogens with one attached hydrogen (secondary N) is 1. The Labute approximate surface area is 113 Å². The topological polar surface area (TPSA) is 24.5 Å². The molecule has 2 atom stereocenters. The smallest absolute Gasteiger partial charge is 0.0634 e. The summed E-state index contributed by atoms with van der Waals surface area (Å²) >= 11 is 0. The average Bonchev–Trinajstić information content (AvgIpc) is 2.36. The molecular weight excluding hydrogens is 224 g/mol. The maximum atomic E-state index is 5.53. The van der Waals surface area contributed by atoms with Crippen molar-refractivity contribution in [3.8, 4) is 0 Å². The third-order valence-electron chi connectivity index (χ3n) is 4.39. The SMILES string of the molecule is CCC1CNC(C(C)C)CN1CCC(C)(C)OC. The molecule has 0 spiro atoms. The Morgan fingerprint density at radius 2 is 2.06 bits per heavy atom. The van der Waals surface area contributed by atoms with Crippen molar-refractivity contribution in [2.24, 2.45) is 5.92 Å². The Hall–Kier alpha value is -0.120. The molecule has 1 heterocycles. The van der Waals surface area contributed by atoms with Crippen molar-refractivity contribution in [1.29, 1.82) is 0 Å². The molecule has 2 unspecified atom stereocenters. The molecule has 1 N–H and O–H groups in total. The summed E-state index contributed by atoms with van der Waals surface area (Å²) in [6.07, 6.45) is 2.33. The lowest BCUT2D eigenvalue weighted by Gasteiger charge is -2.42. The van der Waals surface area contributed by atoms with Crippen LogP contribution in [-0.2, 0) is 4.74 Å². The first-order chi connectivity index (χ1) is 8.39. The minimum atomic E-state index is -0.00348. The van der Waals surface area contributed by atoms with E-state index >= 15 is 0 Å². The van der Waals surface area contributed by atoms with Gasteiger partial charge in [0.2, 0.25) is 0 Å². The van der Waals surface area contributed by atoms with E-state index in [4.69, 9.17) is 4.74 Å². The van der Waals surface area contributed by atoms with Gasteiger partial charge in [0.05, 0.1) is 5.60 Å². The van der Waals surface area contributed by atoms with Gasteiger partial charge in [-0.1, -0.05) is 20.8 Å². The maximum absolute atomic E-state index is 5.53. The van der Waals surface area contributed by atoms with Crippen LogP contribution in [0.2, 0.25) is 0 Å². The molecule has 3 heteroatoms. The molecule has 0 amide bonds. The van der Waals surface area contributed by atoms with Crippen molar-refractivity contribution in [2.45, 2.75) is 65.1 Å². The fourth-order valence-corrected chi connectivity index (χ4v) is 2.52. The van der Waals surface area contributed by atoms with Crippen molar-refractivity contribution >= 4 is 0 Å². The van der Waals surface area contributed by atoms with E-state index in [9.17, 15) is 0 Å². The lowest BCUT2D eigenvalue weighted by molar-refractivity contribution is -0.00173. The van der Waals surface area contributed by atoms with E-state index < -0.39 is 0 Å². The molecule has 3 nitrogen and oxygen atoms in total. The Morgan fingerprint density at radius 3 is 2.56 bits per heavy atom. The van der Waals surface area contributed by atoms with E-state index in [1.165, 1.54) is 13.0 Å². The second kappa shape index (κ2) is 6.88. The predicted octanol–water partition coefficient (Wildman–Crippen LogP) is 2.51. The fourth-order valence-electron chi connectivity index (χ4n) is 2.52. The van der Waals surface area contributed by atoms with Crippen LogP contribution in [-0.4, -0.2) is 49.3 Å². The standard InChI is InChI=1S/C15H32N2O/c1-7-13-10-16-14(12(2)3)11-17(13)9-8-15(4,5)18-6/h12-14,16H,7-11H2,1-6H3. The number of nitrogens with zero attached hydrogens (tertiary/aromatic N) is 1. The fraction of sp³-hybridized carbons (Fsp3) is 1.00. The molecule has 0 aliphatic carbocycles. The third kappa shape index (κ3) is 4.52. The lowest BCUT2D eigenvalue weighted by Crippen LogP contribution is -2.58. The van der Waals surface area contributed by atoms with Crippen LogP contribution in [0.5, 0.6) is 0 Å². The number of ether oxygens (including phenoxy) is 1. The highest BCUT2D eigenvalue weighted by Crippen LogP contribution is 2.19. The summed E-state index contributed by atoms with van der Waals surface area (Å²) < 4.78 is 5.53. The summed E-state index contributed by atoms with van der Waals surface area (Å²) in [5.41, 5.74) is -0.00348. The van der Waals surface area contributed by atoms with Crippen molar-refractivity contribution in [3.63, 3.8) is 0 Å². The van der Waals surface area contributed by atoms with E-state index in [1.54, 1.807) is 0 Å². The van der Waals surface area contributed by atoms with E-state index in [0.717, 1.165) is 19.5 Å². The predicted molar refractivity (Wildman–Crippen MR) is 78.0 cm³/mol. The zero-order valence-electron chi connectivity index (χ0n) is 13.1. The summed E-state index contributed by atoms with van der Waals surface area (Å²) in [6.45, 7) is 14.7. The highest BCUT2D eigenvalue weighted by atomic mass is 16.5. The summed E-state index contributed by atoms with van der Waals surface area (Å²) in [5.74, 6) is 0.709. The van der Waals surface area contributed by atoms with Gasteiger partial charge < -0.3 is 10.1 Å². The van der Waals surface area contributed by atoms with Gasteiger partial charge in [-0.25, -0.2) is 0 Å². The van der Waals surface area contributed by atoms with Gasteiger partial charge in [-0.05, 0) is 32.6 Å². The molecule has 1 saturated heterocycles. The van der Waals surface area contributed by atoms with Crippen molar-refractivity contribution in [1.82, 2.24) is 10.2 Å². The second-order valence-electron chi connectivity index (χ2n) is 6.53. The van der Waals surface area contributed by atoms with E-state index in [0.29, 0.717) is 18.0 Å². The summed E-state index contributed by atoms with van der Waals surface area (Å²) in [5, 5.41) is 3.69. The first-order valence-electron chi connectivity index (χ1n) is 7.42. The molecule has 0 aromatic heterocycles. The zero-order chi connectivity index (χ0) is 13.8. The number of hydrogen-bond acceptors (Lipinski definition) is 3. The molecule has 108 valence electrons. The molecule has 18 heavy (non-hydrogen) atoms. The normalized spacial score (nSPS) is 26.8. The minimum Gasteiger partial charge on any atom is -0.379 e. The molecular formula is C15H32N2O. The molecule has 1 aliphatic rings. The first-order valence-corrected chi connectivity index (χ1v) is 7.42. The van der Waals surface area contributed by atoms with Gasteiger partial charge >= 0.3 is 0 Å². The van der Waals surface area contributed by atoms with E-state index in [1.807, 2.05) is 7.11 Å². The molecule has 0 radical (unpaired) electrons. The van der Waals surface area contributed by atoms with Crippen LogP contribution in [0.25, 0.3) is 0 Å².